The van der Waals surface area contributed by atoms with E-state index in [1.807, 2.05) is 0 Å². The number of nitrogens with zero attached hydrogens (tertiary/aromatic N) is 2. The molecule has 19 heavy (non-hydrogen) atoms. The van der Waals surface area contributed by atoms with E-state index in [4.69, 9.17) is 0 Å². The highest BCUT2D eigenvalue weighted by molar-refractivity contribution is 6.09. The largest absolute Gasteiger partial charge is 0.253 e. The maximum Gasteiger partial charge on any atom is 0.0708 e. The van der Waals surface area contributed by atoms with Gasteiger partial charge in [-0.05, 0) is 37.1 Å². The molecule has 0 N–H and O–H groups in total. The molecule has 4 rings (SSSR count). The quantitative estimate of drug-likeness (QED) is 0.707. The maximum absolute atomic E-state index is 4.63. The number of aliphatic imine (C=N–C) groups is 2. The first-order chi connectivity index (χ1) is 9.24. The highest BCUT2D eigenvalue weighted by Crippen LogP contribution is 2.38. The zero-order valence-corrected chi connectivity index (χ0v) is 11.1. The summed E-state index contributed by atoms with van der Waals surface area (Å²) in [5.74, 6) is 0. The van der Waals surface area contributed by atoms with Crippen molar-refractivity contribution < 1.29 is 0 Å². The molecule has 0 atom stereocenters. The lowest BCUT2D eigenvalue weighted by molar-refractivity contribution is 1.23. The molecule has 2 aliphatic carbocycles. The van der Waals surface area contributed by atoms with E-state index in [-0.39, 0.29) is 0 Å². The third-order valence-corrected chi connectivity index (χ3v) is 4.04. The highest BCUT2D eigenvalue weighted by atomic mass is 14.8. The van der Waals surface area contributed by atoms with Crippen LogP contribution in [0.2, 0.25) is 0 Å². The average molecular weight is 246 g/mol. The van der Waals surface area contributed by atoms with E-state index in [0.29, 0.717) is 0 Å². The Morgan fingerprint density at radius 1 is 0.789 bits per heavy atom. The fraction of sp³-hybridized carbons (Fsp3) is 0.176. The number of fused-ring (bicyclic) bond motifs is 2. The van der Waals surface area contributed by atoms with Crippen LogP contribution in [-0.4, -0.2) is 11.4 Å². The lowest BCUT2D eigenvalue weighted by Crippen LogP contribution is -2.02. The summed E-state index contributed by atoms with van der Waals surface area (Å²) in [6, 6.07) is 0. The van der Waals surface area contributed by atoms with Gasteiger partial charge in [-0.25, -0.2) is 0 Å². The van der Waals surface area contributed by atoms with E-state index in [1.54, 1.807) is 0 Å². The number of hydrogen-bond donors (Lipinski definition) is 0. The zero-order chi connectivity index (χ0) is 13.0. The lowest BCUT2D eigenvalue weighted by atomic mass is 9.94. The monoisotopic (exact) mass is 246 g/mol. The molecule has 2 aliphatic heterocycles. The van der Waals surface area contributed by atoms with E-state index < -0.39 is 0 Å². The molecular formula is C17H14N2. The van der Waals surface area contributed by atoms with Gasteiger partial charge < -0.3 is 0 Å². The van der Waals surface area contributed by atoms with Crippen molar-refractivity contribution in [1.29, 1.82) is 0 Å². The molecule has 2 heteroatoms. The van der Waals surface area contributed by atoms with E-state index in [9.17, 15) is 0 Å². The van der Waals surface area contributed by atoms with Gasteiger partial charge in [-0.3, -0.25) is 9.98 Å². The van der Waals surface area contributed by atoms with Gasteiger partial charge >= 0.3 is 0 Å². The third kappa shape index (κ3) is 1.43. The molecule has 0 spiro atoms. The second-order valence-corrected chi connectivity index (χ2v) is 5.18. The van der Waals surface area contributed by atoms with Crippen LogP contribution in [0.5, 0.6) is 0 Å². The minimum Gasteiger partial charge on any atom is -0.253 e. The van der Waals surface area contributed by atoms with Crippen LogP contribution in [0.1, 0.15) is 20.3 Å². The first-order valence-corrected chi connectivity index (χ1v) is 6.59. The summed E-state index contributed by atoms with van der Waals surface area (Å²) in [4.78, 5) is 9.26. The van der Waals surface area contributed by atoms with Gasteiger partial charge in [-0.2, -0.15) is 0 Å². The van der Waals surface area contributed by atoms with Crippen LogP contribution in [0.15, 0.2) is 80.1 Å². The zero-order valence-electron chi connectivity index (χ0n) is 11.1. The van der Waals surface area contributed by atoms with Gasteiger partial charge in [-0.1, -0.05) is 24.3 Å². The van der Waals surface area contributed by atoms with Crippen LogP contribution in [0.3, 0.4) is 0 Å². The van der Waals surface area contributed by atoms with Crippen molar-refractivity contribution in [1.82, 2.24) is 0 Å². The molecule has 4 aliphatic rings. The minimum absolute atomic E-state index is 0.929. The topological polar surface area (TPSA) is 24.7 Å². The molecule has 0 bridgehead atoms. The van der Waals surface area contributed by atoms with Crippen LogP contribution < -0.4 is 0 Å². The van der Waals surface area contributed by atoms with Crippen molar-refractivity contribution in [3.05, 3.63) is 70.1 Å². The summed E-state index contributed by atoms with van der Waals surface area (Å²) >= 11 is 0. The number of hydrogen-bond acceptors (Lipinski definition) is 2. The molecule has 0 aromatic carbocycles. The van der Waals surface area contributed by atoms with Gasteiger partial charge in [0.05, 0.1) is 11.4 Å². The second kappa shape index (κ2) is 3.64. The Labute approximate surface area is 112 Å². The third-order valence-electron chi connectivity index (χ3n) is 4.04. The molecule has 0 aromatic heterocycles. The molecule has 92 valence electrons. The predicted molar refractivity (Wildman–Crippen MR) is 79.3 cm³/mol. The SMILES string of the molecule is CC1=NC2=CC=CC2=C1CC1=C2C=CC=C2N=C1C. The Morgan fingerprint density at radius 2 is 1.26 bits per heavy atom. The van der Waals surface area contributed by atoms with E-state index in [1.165, 1.54) is 22.3 Å². The minimum atomic E-state index is 0.929. The molecule has 2 heterocycles. The number of rotatable bonds is 2. The lowest BCUT2D eigenvalue weighted by Gasteiger charge is -2.08. The highest BCUT2D eigenvalue weighted by Gasteiger charge is 2.26. The van der Waals surface area contributed by atoms with E-state index in [2.05, 4.69) is 60.3 Å². The summed E-state index contributed by atoms with van der Waals surface area (Å²) in [5.41, 5.74) is 9.79. The van der Waals surface area contributed by atoms with Crippen molar-refractivity contribution in [2.75, 3.05) is 0 Å². The van der Waals surface area contributed by atoms with Crippen molar-refractivity contribution in [2.24, 2.45) is 9.98 Å². The summed E-state index contributed by atoms with van der Waals surface area (Å²) in [7, 11) is 0. The van der Waals surface area contributed by atoms with Crippen LogP contribution in [0, 0.1) is 0 Å². The predicted octanol–water partition coefficient (Wildman–Crippen LogP) is 3.83. The average Bonchev–Trinajstić information content (AvgIpc) is 3.06. The van der Waals surface area contributed by atoms with Crippen molar-refractivity contribution >= 4 is 11.4 Å². The Morgan fingerprint density at radius 3 is 1.74 bits per heavy atom. The fourth-order valence-electron chi connectivity index (χ4n) is 3.04. The molecule has 0 saturated heterocycles. The first-order valence-electron chi connectivity index (χ1n) is 6.59. The number of allylic oxidation sites excluding steroid dienone is 8. The van der Waals surface area contributed by atoms with Gasteiger partial charge in [0.15, 0.2) is 0 Å². The first kappa shape index (κ1) is 10.7. The molecular weight excluding hydrogens is 232 g/mol. The summed E-state index contributed by atoms with van der Waals surface area (Å²) in [5, 5.41) is 0. The van der Waals surface area contributed by atoms with Gasteiger partial charge in [0.25, 0.3) is 0 Å². The van der Waals surface area contributed by atoms with Crippen LogP contribution in [0.4, 0.5) is 0 Å². The molecule has 0 fully saturated rings. The molecule has 2 nitrogen and oxygen atoms in total. The van der Waals surface area contributed by atoms with Gasteiger partial charge in [0.2, 0.25) is 0 Å². The molecule has 0 unspecified atom stereocenters. The van der Waals surface area contributed by atoms with E-state index in [0.717, 1.165) is 29.2 Å². The molecule has 0 aromatic rings. The summed E-state index contributed by atoms with van der Waals surface area (Å²) in [6.07, 6.45) is 13.6. The summed E-state index contributed by atoms with van der Waals surface area (Å²) in [6.45, 7) is 4.20. The van der Waals surface area contributed by atoms with Crippen LogP contribution in [0.25, 0.3) is 0 Å². The van der Waals surface area contributed by atoms with Gasteiger partial charge in [0.1, 0.15) is 0 Å². The van der Waals surface area contributed by atoms with Crippen molar-refractivity contribution in [3.8, 4) is 0 Å². The molecule has 0 radical (unpaired) electrons. The Kier molecular flexibility index (Phi) is 2.05. The molecule has 0 saturated carbocycles. The maximum atomic E-state index is 4.63. The Hall–Kier alpha value is -2.22. The van der Waals surface area contributed by atoms with Crippen LogP contribution >= 0.6 is 0 Å². The van der Waals surface area contributed by atoms with Crippen LogP contribution in [-0.2, 0) is 0 Å². The Bertz CT molecular complexity index is 680. The Balaban J connectivity index is 1.78. The second-order valence-electron chi connectivity index (χ2n) is 5.18. The summed E-state index contributed by atoms with van der Waals surface area (Å²) < 4.78 is 0. The van der Waals surface area contributed by atoms with Crippen molar-refractivity contribution in [2.45, 2.75) is 20.3 Å². The van der Waals surface area contributed by atoms with Gasteiger partial charge in [0, 0.05) is 29.0 Å². The fourth-order valence-corrected chi connectivity index (χ4v) is 3.04. The normalized spacial score (nSPS) is 22.8. The van der Waals surface area contributed by atoms with E-state index >= 15 is 0 Å². The van der Waals surface area contributed by atoms with Crippen molar-refractivity contribution in [3.63, 3.8) is 0 Å². The van der Waals surface area contributed by atoms with Gasteiger partial charge in [-0.15, -0.1) is 0 Å². The standard InChI is InChI=1S/C17H14N2/c1-10-14(12-5-3-7-16(12)18-10)9-15-11(2)19-17-8-4-6-13(15)17/h3-8H,9H2,1-2H3. The smallest absolute Gasteiger partial charge is 0.0708 e. The molecule has 0 amide bonds.